The molecule has 0 saturated carbocycles. The van der Waals surface area contributed by atoms with E-state index in [0.29, 0.717) is 12.4 Å². The number of hydrogen-bond acceptors (Lipinski definition) is 5. The maximum atomic E-state index is 11.6. The van der Waals surface area contributed by atoms with Crippen LogP contribution in [0.5, 0.6) is 0 Å². The van der Waals surface area contributed by atoms with Crippen molar-refractivity contribution in [2.24, 2.45) is 0 Å². The summed E-state index contributed by atoms with van der Waals surface area (Å²) in [6, 6.07) is 3.29. The van der Waals surface area contributed by atoms with Crippen molar-refractivity contribution in [3.05, 3.63) is 17.8 Å². The summed E-state index contributed by atoms with van der Waals surface area (Å²) in [5.41, 5.74) is 0.268. The highest BCUT2D eigenvalue weighted by Gasteiger charge is 2.27. The fourth-order valence-corrected chi connectivity index (χ4v) is 2.40. The average molecular weight is 278 g/mol. The van der Waals surface area contributed by atoms with Crippen LogP contribution in [0.25, 0.3) is 0 Å². The molecule has 2 heterocycles. The van der Waals surface area contributed by atoms with Crippen LogP contribution in [0.2, 0.25) is 0 Å². The molecule has 2 N–H and O–H groups in total. The third-order valence-electron chi connectivity index (χ3n) is 3.30. The van der Waals surface area contributed by atoms with Gasteiger partial charge in [-0.1, -0.05) is 0 Å². The van der Waals surface area contributed by atoms with E-state index < -0.39 is 5.97 Å². The van der Waals surface area contributed by atoms with Gasteiger partial charge < -0.3 is 15.3 Å². The minimum Gasteiger partial charge on any atom is -0.481 e. The number of anilines is 1. The van der Waals surface area contributed by atoms with Crippen molar-refractivity contribution in [3.8, 4) is 0 Å². The average Bonchev–Trinajstić information content (AvgIpc) is 2.86. The number of carbonyl (C=O) groups excluding carboxylic acids is 1. The van der Waals surface area contributed by atoms with Crippen LogP contribution in [0.1, 0.15) is 36.7 Å². The molecule has 1 aromatic rings. The van der Waals surface area contributed by atoms with Gasteiger partial charge in [-0.2, -0.15) is 0 Å². The number of nitrogens with one attached hydrogen (secondary N) is 1. The Morgan fingerprint density at radius 3 is 2.85 bits per heavy atom. The highest BCUT2D eigenvalue weighted by Crippen LogP contribution is 2.25. The number of carbonyl (C=O) groups is 2. The Morgan fingerprint density at radius 2 is 2.25 bits per heavy atom. The van der Waals surface area contributed by atoms with Gasteiger partial charge in [-0.05, 0) is 31.9 Å². The molecule has 2 rings (SSSR count). The van der Waals surface area contributed by atoms with Gasteiger partial charge >= 0.3 is 5.97 Å². The highest BCUT2D eigenvalue weighted by atomic mass is 16.4. The van der Waals surface area contributed by atoms with E-state index in [4.69, 9.17) is 5.11 Å². The molecule has 0 spiro atoms. The zero-order valence-corrected chi connectivity index (χ0v) is 11.4. The zero-order chi connectivity index (χ0) is 14.5. The van der Waals surface area contributed by atoms with E-state index in [-0.39, 0.29) is 24.1 Å². The van der Waals surface area contributed by atoms with Gasteiger partial charge in [0, 0.05) is 19.1 Å². The van der Waals surface area contributed by atoms with Crippen molar-refractivity contribution in [2.45, 2.75) is 32.2 Å². The van der Waals surface area contributed by atoms with E-state index in [1.54, 1.807) is 12.1 Å². The topological polar surface area (TPSA) is 95.4 Å². The van der Waals surface area contributed by atoms with E-state index in [1.807, 2.05) is 11.8 Å². The number of aliphatic carboxylic acids is 1. The van der Waals surface area contributed by atoms with Crippen LogP contribution in [0.3, 0.4) is 0 Å². The van der Waals surface area contributed by atoms with Crippen LogP contribution in [-0.4, -0.2) is 46.3 Å². The van der Waals surface area contributed by atoms with Gasteiger partial charge in [0.2, 0.25) is 0 Å². The molecule has 20 heavy (non-hydrogen) atoms. The summed E-state index contributed by atoms with van der Waals surface area (Å²) < 4.78 is 0. The first-order chi connectivity index (χ1) is 9.61. The van der Waals surface area contributed by atoms with E-state index in [9.17, 15) is 9.59 Å². The van der Waals surface area contributed by atoms with E-state index in [0.717, 1.165) is 19.4 Å². The van der Waals surface area contributed by atoms with Crippen LogP contribution in [-0.2, 0) is 4.79 Å². The molecule has 1 saturated heterocycles. The standard InChI is InChI=1S/C13H18N4O3/c1-2-14-13(20)10-5-6-11(16-15-10)17-7-3-4-9(17)8-12(18)19/h5-6,9H,2-4,7-8H2,1H3,(H,14,20)(H,18,19). The number of rotatable bonds is 5. The van der Waals surface area contributed by atoms with Crippen molar-refractivity contribution in [2.75, 3.05) is 18.0 Å². The molecule has 1 aromatic heterocycles. The first-order valence-electron chi connectivity index (χ1n) is 6.72. The second-order valence-electron chi connectivity index (χ2n) is 4.72. The molecule has 1 atom stereocenters. The third kappa shape index (κ3) is 3.23. The van der Waals surface area contributed by atoms with E-state index in [1.165, 1.54) is 0 Å². The summed E-state index contributed by atoms with van der Waals surface area (Å²) in [7, 11) is 0. The maximum absolute atomic E-state index is 11.6. The number of amides is 1. The maximum Gasteiger partial charge on any atom is 0.305 e. The summed E-state index contributed by atoms with van der Waals surface area (Å²) >= 11 is 0. The molecule has 7 nitrogen and oxygen atoms in total. The molecule has 7 heteroatoms. The molecular weight excluding hydrogens is 260 g/mol. The van der Waals surface area contributed by atoms with Crippen LogP contribution in [0.15, 0.2) is 12.1 Å². The first kappa shape index (κ1) is 14.2. The van der Waals surface area contributed by atoms with Crippen LogP contribution >= 0.6 is 0 Å². The Balaban J connectivity index is 2.09. The van der Waals surface area contributed by atoms with Gasteiger partial charge in [-0.3, -0.25) is 9.59 Å². The van der Waals surface area contributed by atoms with E-state index in [2.05, 4.69) is 15.5 Å². The Morgan fingerprint density at radius 1 is 1.45 bits per heavy atom. The summed E-state index contributed by atoms with van der Waals surface area (Å²) in [5, 5.41) is 19.5. The molecule has 0 radical (unpaired) electrons. The van der Waals surface area contributed by atoms with Gasteiger partial charge in [0.05, 0.1) is 6.42 Å². The van der Waals surface area contributed by atoms with Gasteiger partial charge in [0.15, 0.2) is 11.5 Å². The quantitative estimate of drug-likeness (QED) is 0.822. The molecule has 0 aromatic carbocycles. The fraction of sp³-hybridized carbons (Fsp3) is 0.538. The molecule has 1 amide bonds. The number of carboxylic acids is 1. The predicted octanol–water partition coefficient (Wildman–Crippen LogP) is 0.670. The minimum absolute atomic E-state index is 0.0443. The highest BCUT2D eigenvalue weighted by molar-refractivity contribution is 5.92. The van der Waals surface area contributed by atoms with Crippen LogP contribution in [0, 0.1) is 0 Å². The largest absolute Gasteiger partial charge is 0.481 e. The van der Waals surface area contributed by atoms with Crippen LogP contribution < -0.4 is 10.2 Å². The Bertz CT molecular complexity index is 489. The second kappa shape index (κ2) is 6.31. The van der Waals surface area contributed by atoms with Gasteiger partial charge in [-0.15, -0.1) is 10.2 Å². The smallest absolute Gasteiger partial charge is 0.305 e. The third-order valence-corrected chi connectivity index (χ3v) is 3.30. The molecule has 0 bridgehead atoms. The molecule has 1 fully saturated rings. The second-order valence-corrected chi connectivity index (χ2v) is 4.72. The number of aromatic nitrogens is 2. The Kier molecular flexibility index (Phi) is 4.49. The van der Waals surface area contributed by atoms with Gasteiger partial charge in [-0.25, -0.2) is 0 Å². The molecule has 1 aliphatic rings. The predicted molar refractivity (Wildman–Crippen MR) is 72.7 cm³/mol. The molecular formula is C13H18N4O3. The summed E-state index contributed by atoms with van der Waals surface area (Å²) in [6.07, 6.45) is 1.88. The molecule has 1 unspecified atom stereocenters. The lowest BCUT2D eigenvalue weighted by Gasteiger charge is -2.23. The van der Waals surface area contributed by atoms with Crippen molar-refractivity contribution < 1.29 is 14.7 Å². The van der Waals surface area contributed by atoms with Crippen molar-refractivity contribution in [1.82, 2.24) is 15.5 Å². The minimum atomic E-state index is -0.811. The lowest BCUT2D eigenvalue weighted by atomic mass is 10.1. The monoisotopic (exact) mass is 278 g/mol. The molecule has 108 valence electrons. The molecule has 1 aliphatic heterocycles. The number of nitrogens with zero attached hydrogens (tertiary/aromatic N) is 3. The zero-order valence-electron chi connectivity index (χ0n) is 11.4. The Labute approximate surface area is 117 Å². The molecule has 0 aliphatic carbocycles. The van der Waals surface area contributed by atoms with E-state index >= 15 is 0 Å². The summed E-state index contributed by atoms with van der Waals surface area (Å²) in [4.78, 5) is 24.4. The lowest BCUT2D eigenvalue weighted by molar-refractivity contribution is -0.137. The van der Waals surface area contributed by atoms with Crippen molar-refractivity contribution >= 4 is 17.7 Å². The number of carboxylic acid groups (broad SMARTS) is 1. The van der Waals surface area contributed by atoms with Crippen LogP contribution in [0.4, 0.5) is 5.82 Å². The van der Waals surface area contributed by atoms with Crippen molar-refractivity contribution in [1.29, 1.82) is 0 Å². The number of hydrogen-bond donors (Lipinski definition) is 2. The summed E-state index contributed by atoms with van der Waals surface area (Å²) in [6.45, 7) is 3.14. The van der Waals surface area contributed by atoms with Gasteiger partial charge in [0.25, 0.3) is 5.91 Å². The van der Waals surface area contributed by atoms with Crippen molar-refractivity contribution in [3.63, 3.8) is 0 Å². The first-order valence-corrected chi connectivity index (χ1v) is 6.72. The van der Waals surface area contributed by atoms with Gasteiger partial charge in [0.1, 0.15) is 0 Å². The SMILES string of the molecule is CCNC(=O)c1ccc(N2CCCC2CC(=O)O)nn1. The fourth-order valence-electron chi connectivity index (χ4n) is 2.40. The normalized spacial score (nSPS) is 18.1. The summed E-state index contributed by atoms with van der Waals surface area (Å²) in [5.74, 6) is -0.439. The Hall–Kier alpha value is -2.18. The lowest BCUT2D eigenvalue weighted by Crippen LogP contribution is -2.32.